The summed E-state index contributed by atoms with van der Waals surface area (Å²) < 4.78 is 43.4. The Kier molecular flexibility index (Phi) is 9.61. The van der Waals surface area contributed by atoms with E-state index >= 15 is 0 Å². The van der Waals surface area contributed by atoms with Gasteiger partial charge in [0.05, 0.1) is 12.7 Å². The second-order valence-corrected chi connectivity index (χ2v) is 8.34. The molecule has 1 aromatic rings. The summed E-state index contributed by atoms with van der Waals surface area (Å²) >= 11 is 0. The number of benzene rings is 1. The van der Waals surface area contributed by atoms with E-state index in [4.69, 9.17) is 0 Å². The smallest absolute Gasteiger partial charge is 0.416 e. The molecule has 1 atom stereocenters. The maximum atomic E-state index is 12.9. The highest BCUT2D eigenvalue weighted by atomic mass is 19.4. The maximum absolute atomic E-state index is 12.9. The predicted molar refractivity (Wildman–Crippen MR) is 117 cm³/mol. The molecule has 0 saturated carbocycles. The molecule has 7 nitrogen and oxygen atoms in total. The van der Waals surface area contributed by atoms with Gasteiger partial charge in [0.25, 0.3) is 0 Å². The molecule has 0 spiro atoms. The number of alkyl halides is 3. The van der Waals surface area contributed by atoms with Crippen molar-refractivity contribution < 1.29 is 27.5 Å². The number of hydrogen-bond donors (Lipinski definition) is 2. The molecule has 10 heteroatoms. The van der Waals surface area contributed by atoms with Gasteiger partial charge in [-0.2, -0.15) is 13.2 Å². The molecule has 2 rings (SSSR count). The molecule has 1 heterocycles. The van der Waals surface area contributed by atoms with Gasteiger partial charge in [-0.05, 0) is 43.5 Å². The Morgan fingerprint density at radius 3 is 2.44 bits per heavy atom. The minimum Gasteiger partial charge on any atom is -0.453 e. The SMILES string of the molecule is COC(=O)NC(CC(C)C)C(=O)NCCCN1CCN(c2cccc(C(F)(F)F)c2)CC1. The molecule has 1 unspecified atom stereocenters. The highest BCUT2D eigenvalue weighted by Gasteiger charge is 2.31. The summed E-state index contributed by atoms with van der Waals surface area (Å²) in [5.74, 6) is -0.00510. The lowest BCUT2D eigenvalue weighted by Crippen LogP contribution is -2.49. The van der Waals surface area contributed by atoms with Crippen molar-refractivity contribution in [3.05, 3.63) is 29.8 Å². The van der Waals surface area contributed by atoms with Crippen LogP contribution in [0.25, 0.3) is 0 Å². The highest BCUT2D eigenvalue weighted by Crippen LogP contribution is 2.31. The van der Waals surface area contributed by atoms with Crippen LogP contribution >= 0.6 is 0 Å². The van der Waals surface area contributed by atoms with E-state index in [1.165, 1.54) is 19.2 Å². The van der Waals surface area contributed by atoms with Gasteiger partial charge in [0.2, 0.25) is 5.91 Å². The van der Waals surface area contributed by atoms with E-state index in [2.05, 4.69) is 20.3 Å². The number of hydrogen-bond acceptors (Lipinski definition) is 5. The van der Waals surface area contributed by atoms with E-state index in [-0.39, 0.29) is 11.8 Å². The second kappa shape index (κ2) is 11.9. The second-order valence-electron chi connectivity index (χ2n) is 8.34. The van der Waals surface area contributed by atoms with E-state index in [0.29, 0.717) is 31.7 Å². The van der Waals surface area contributed by atoms with Crippen LogP contribution in [0.15, 0.2) is 24.3 Å². The summed E-state index contributed by atoms with van der Waals surface area (Å²) in [6.45, 7) is 7.96. The number of anilines is 1. The summed E-state index contributed by atoms with van der Waals surface area (Å²) in [5.41, 5.74) is -0.0494. The van der Waals surface area contributed by atoms with Crippen LogP contribution in [0.4, 0.5) is 23.7 Å². The van der Waals surface area contributed by atoms with Crippen molar-refractivity contribution in [1.29, 1.82) is 0 Å². The lowest BCUT2D eigenvalue weighted by molar-refractivity contribution is -0.137. The van der Waals surface area contributed by atoms with Crippen LogP contribution < -0.4 is 15.5 Å². The van der Waals surface area contributed by atoms with Gasteiger partial charge >= 0.3 is 12.3 Å². The number of nitrogens with zero attached hydrogens (tertiary/aromatic N) is 2. The molecule has 0 bridgehead atoms. The molecule has 0 aromatic heterocycles. The molecule has 32 heavy (non-hydrogen) atoms. The summed E-state index contributed by atoms with van der Waals surface area (Å²) in [6.07, 6.45) is -3.73. The Balaban J connectivity index is 1.73. The Morgan fingerprint density at radius 1 is 1.16 bits per heavy atom. The number of carbonyl (C=O) groups excluding carboxylic acids is 2. The molecule has 2 amide bonds. The first-order valence-electron chi connectivity index (χ1n) is 10.9. The molecule has 1 aliphatic heterocycles. The van der Waals surface area contributed by atoms with Crippen LogP contribution in [0, 0.1) is 5.92 Å². The number of methoxy groups -OCH3 is 1. The van der Waals surface area contributed by atoms with Gasteiger partial charge in [0.15, 0.2) is 0 Å². The standard InChI is InChI=1S/C22H33F3N4O3/c1-16(2)14-19(27-21(31)32-3)20(30)26-8-5-9-28-10-12-29(13-11-28)18-7-4-6-17(15-18)22(23,24)25/h4,6-7,15-16,19H,5,8-14H2,1-3H3,(H,26,30)(H,27,31). The van der Waals surface area contributed by atoms with Gasteiger partial charge in [0, 0.05) is 38.4 Å². The summed E-state index contributed by atoms with van der Waals surface area (Å²) in [4.78, 5) is 28.1. The fourth-order valence-electron chi connectivity index (χ4n) is 3.65. The third-order valence-corrected chi connectivity index (χ3v) is 5.36. The third-order valence-electron chi connectivity index (χ3n) is 5.36. The molecule has 1 aliphatic rings. The monoisotopic (exact) mass is 458 g/mol. The van der Waals surface area contributed by atoms with E-state index in [1.54, 1.807) is 6.07 Å². The van der Waals surface area contributed by atoms with Crippen molar-refractivity contribution in [2.75, 3.05) is 51.3 Å². The van der Waals surface area contributed by atoms with Crippen LogP contribution in [0.2, 0.25) is 0 Å². The Bertz CT molecular complexity index is 750. The molecule has 2 N–H and O–H groups in total. The van der Waals surface area contributed by atoms with Crippen LogP contribution in [-0.2, 0) is 15.7 Å². The van der Waals surface area contributed by atoms with Gasteiger partial charge in [-0.1, -0.05) is 19.9 Å². The molecular weight excluding hydrogens is 425 g/mol. The molecule has 0 radical (unpaired) electrons. The van der Waals surface area contributed by atoms with Crippen LogP contribution in [0.1, 0.15) is 32.3 Å². The lowest BCUT2D eigenvalue weighted by Gasteiger charge is -2.36. The Labute approximate surface area is 187 Å². The van der Waals surface area contributed by atoms with Gasteiger partial charge in [-0.25, -0.2) is 4.79 Å². The van der Waals surface area contributed by atoms with Crippen molar-refractivity contribution in [2.45, 2.75) is 38.9 Å². The van der Waals surface area contributed by atoms with Crippen molar-refractivity contribution in [2.24, 2.45) is 5.92 Å². The normalized spacial score (nSPS) is 16.0. The molecule has 1 aromatic carbocycles. The zero-order valence-electron chi connectivity index (χ0n) is 18.9. The quantitative estimate of drug-likeness (QED) is 0.557. The zero-order valence-corrected chi connectivity index (χ0v) is 18.9. The molecule has 0 aliphatic carbocycles. The molecular formula is C22H33F3N4O3. The number of nitrogens with one attached hydrogen (secondary N) is 2. The van der Waals surface area contributed by atoms with Gasteiger partial charge in [0.1, 0.15) is 6.04 Å². The largest absolute Gasteiger partial charge is 0.453 e. The first-order valence-corrected chi connectivity index (χ1v) is 10.9. The Morgan fingerprint density at radius 2 is 1.84 bits per heavy atom. The predicted octanol–water partition coefficient (Wildman–Crippen LogP) is 3.10. The fraction of sp³-hybridized carbons (Fsp3) is 0.636. The van der Waals surface area contributed by atoms with E-state index in [1.807, 2.05) is 18.7 Å². The van der Waals surface area contributed by atoms with Crippen LogP contribution in [-0.4, -0.2) is 69.3 Å². The van der Waals surface area contributed by atoms with E-state index < -0.39 is 23.9 Å². The number of piperazine rings is 1. The number of alkyl carbamates (subject to hydrolysis) is 1. The minimum atomic E-state index is -4.34. The van der Waals surface area contributed by atoms with Crippen molar-refractivity contribution in [3.8, 4) is 0 Å². The van der Waals surface area contributed by atoms with Gasteiger partial charge < -0.3 is 20.3 Å². The lowest BCUT2D eigenvalue weighted by atomic mass is 10.0. The Hall–Kier alpha value is -2.49. The maximum Gasteiger partial charge on any atom is 0.416 e. The fourth-order valence-corrected chi connectivity index (χ4v) is 3.65. The number of rotatable bonds is 9. The number of amides is 2. The van der Waals surface area contributed by atoms with Crippen LogP contribution in [0.5, 0.6) is 0 Å². The van der Waals surface area contributed by atoms with E-state index in [9.17, 15) is 22.8 Å². The summed E-state index contributed by atoms with van der Waals surface area (Å²) in [6, 6.07) is 4.78. The molecule has 1 saturated heterocycles. The highest BCUT2D eigenvalue weighted by molar-refractivity contribution is 5.85. The molecule has 180 valence electrons. The molecule has 1 fully saturated rings. The number of ether oxygens (including phenoxy) is 1. The van der Waals surface area contributed by atoms with Gasteiger partial charge in [-0.15, -0.1) is 0 Å². The van der Waals surface area contributed by atoms with Crippen LogP contribution in [0.3, 0.4) is 0 Å². The van der Waals surface area contributed by atoms with Crippen molar-refractivity contribution in [1.82, 2.24) is 15.5 Å². The average Bonchev–Trinajstić information content (AvgIpc) is 2.75. The summed E-state index contributed by atoms with van der Waals surface area (Å²) in [7, 11) is 1.26. The first kappa shape index (κ1) is 25.8. The van der Waals surface area contributed by atoms with Crippen molar-refractivity contribution in [3.63, 3.8) is 0 Å². The zero-order chi connectivity index (χ0) is 23.7. The minimum absolute atomic E-state index is 0.232. The number of halogens is 3. The number of carbonyl (C=O) groups is 2. The topological polar surface area (TPSA) is 73.9 Å². The summed E-state index contributed by atoms with van der Waals surface area (Å²) in [5, 5.41) is 5.42. The average molecular weight is 459 g/mol. The van der Waals surface area contributed by atoms with E-state index in [0.717, 1.165) is 32.1 Å². The van der Waals surface area contributed by atoms with Crippen molar-refractivity contribution >= 4 is 17.7 Å². The van der Waals surface area contributed by atoms with Gasteiger partial charge in [-0.3, -0.25) is 9.69 Å². The third kappa shape index (κ3) is 8.22. The first-order chi connectivity index (χ1) is 15.1.